The second-order valence-corrected chi connectivity index (χ2v) is 2.60. The smallest absolute Gasteiger partial charge is 0.122 e. The quantitative estimate of drug-likeness (QED) is 0.512. The van der Waals surface area contributed by atoms with Crippen LogP contribution in [0.1, 0.15) is 18.9 Å². The Labute approximate surface area is 78.3 Å². The predicted molar refractivity (Wildman–Crippen MR) is 55.2 cm³/mol. The third-order valence-corrected chi connectivity index (χ3v) is 1.69. The van der Waals surface area contributed by atoms with Gasteiger partial charge in [0.25, 0.3) is 0 Å². The molecule has 3 heteroatoms. The maximum absolute atomic E-state index is 4.29. The highest BCUT2D eigenvalue weighted by Crippen LogP contribution is 1.99. The van der Waals surface area contributed by atoms with Crippen molar-refractivity contribution in [2.24, 2.45) is 9.98 Å². The van der Waals surface area contributed by atoms with Crippen molar-refractivity contribution in [2.75, 3.05) is 0 Å². The average Bonchev–Trinajstić information content (AvgIpc) is 2.21. The standard InChI is InChI=1S/C10H13N3/c1-3-10(11-2)13-8-9-4-6-12-7-5-9/h4-7H,2-3,8H2,1H3. The summed E-state index contributed by atoms with van der Waals surface area (Å²) in [4.78, 5) is 12.0. The average molecular weight is 175 g/mol. The number of nitrogens with zero attached hydrogens (tertiary/aromatic N) is 3. The van der Waals surface area contributed by atoms with Crippen molar-refractivity contribution in [2.45, 2.75) is 19.9 Å². The normalized spacial score (nSPS) is 11.3. The van der Waals surface area contributed by atoms with Gasteiger partial charge in [0.05, 0.1) is 6.54 Å². The SMILES string of the molecule is C=NC(CC)=NCc1ccncc1. The summed E-state index contributed by atoms with van der Waals surface area (Å²) in [5.41, 5.74) is 1.14. The molecule has 68 valence electrons. The molecule has 0 amide bonds. The Morgan fingerprint density at radius 2 is 2.15 bits per heavy atom. The lowest BCUT2D eigenvalue weighted by Crippen LogP contribution is -1.92. The largest absolute Gasteiger partial charge is 0.266 e. The van der Waals surface area contributed by atoms with E-state index in [2.05, 4.69) is 21.7 Å². The van der Waals surface area contributed by atoms with Gasteiger partial charge in [0.2, 0.25) is 0 Å². The number of amidine groups is 1. The molecule has 0 N–H and O–H groups in total. The van der Waals surface area contributed by atoms with E-state index in [-0.39, 0.29) is 0 Å². The van der Waals surface area contributed by atoms with Gasteiger partial charge in [-0.15, -0.1) is 0 Å². The summed E-state index contributed by atoms with van der Waals surface area (Å²) < 4.78 is 0. The molecule has 0 aliphatic rings. The molecule has 3 nitrogen and oxygen atoms in total. The van der Waals surface area contributed by atoms with Crippen LogP contribution >= 0.6 is 0 Å². The van der Waals surface area contributed by atoms with Crippen molar-refractivity contribution in [1.29, 1.82) is 0 Å². The van der Waals surface area contributed by atoms with Crippen LogP contribution in [0.2, 0.25) is 0 Å². The molecule has 1 aromatic heterocycles. The molecule has 0 radical (unpaired) electrons. The van der Waals surface area contributed by atoms with Crippen molar-refractivity contribution in [1.82, 2.24) is 4.98 Å². The number of hydrogen-bond acceptors (Lipinski definition) is 2. The van der Waals surface area contributed by atoms with Crippen molar-refractivity contribution in [3.8, 4) is 0 Å². The van der Waals surface area contributed by atoms with Gasteiger partial charge in [-0.3, -0.25) is 9.98 Å². The highest BCUT2D eigenvalue weighted by molar-refractivity contribution is 5.85. The van der Waals surface area contributed by atoms with Crippen LogP contribution in [0.25, 0.3) is 0 Å². The lowest BCUT2D eigenvalue weighted by molar-refractivity contribution is 1.03. The molecule has 0 saturated carbocycles. The molecule has 1 heterocycles. The van der Waals surface area contributed by atoms with Crippen molar-refractivity contribution in [3.63, 3.8) is 0 Å². The van der Waals surface area contributed by atoms with Gasteiger partial charge < -0.3 is 0 Å². The Morgan fingerprint density at radius 1 is 1.46 bits per heavy atom. The number of rotatable bonds is 3. The zero-order chi connectivity index (χ0) is 9.52. The molecular weight excluding hydrogens is 162 g/mol. The highest BCUT2D eigenvalue weighted by Gasteiger charge is 1.91. The number of hydrogen-bond donors (Lipinski definition) is 0. The van der Waals surface area contributed by atoms with Crippen molar-refractivity contribution >= 4 is 12.6 Å². The number of pyridine rings is 1. The Kier molecular flexibility index (Phi) is 3.82. The number of aliphatic imine (C=N–C) groups is 2. The van der Waals surface area contributed by atoms with Crippen LogP contribution in [0.5, 0.6) is 0 Å². The second-order valence-electron chi connectivity index (χ2n) is 2.60. The highest BCUT2D eigenvalue weighted by atomic mass is 14.9. The summed E-state index contributed by atoms with van der Waals surface area (Å²) in [6.45, 7) is 6.12. The second kappa shape index (κ2) is 5.19. The molecular formula is C10H13N3. The van der Waals surface area contributed by atoms with Gasteiger partial charge in [-0.05, 0) is 24.4 Å². The van der Waals surface area contributed by atoms with E-state index in [0.29, 0.717) is 6.54 Å². The van der Waals surface area contributed by atoms with Gasteiger partial charge in [-0.2, -0.15) is 0 Å². The third-order valence-electron chi connectivity index (χ3n) is 1.69. The summed E-state index contributed by atoms with van der Waals surface area (Å²) in [5.74, 6) is 0.803. The summed E-state index contributed by atoms with van der Waals surface area (Å²) in [6, 6.07) is 3.89. The van der Waals surface area contributed by atoms with Crippen molar-refractivity contribution in [3.05, 3.63) is 30.1 Å². The summed E-state index contributed by atoms with van der Waals surface area (Å²) in [5, 5.41) is 0. The fraction of sp³-hybridized carbons (Fsp3) is 0.300. The zero-order valence-electron chi connectivity index (χ0n) is 7.77. The summed E-state index contributed by atoms with van der Waals surface area (Å²) in [6.07, 6.45) is 4.35. The van der Waals surface area contributed by atoms with Gasteiger partial charge in [0.1, 0.15) is 5.84 Å². The van der Waals surface area contributed by atoms with Crippen LogP contribution in [-0.4, -0.2) is 17.5 Å². The van der Waals surface area contributed by atoms with Gasteiger partial charge in [0.15, 0.2) is 0 Å². The van der Waals surface area contributed by atoms with Gasteiger partial charge in [0, 0.05) is 18.8 Å². The first-order chi connectivity index (χ1) is 6.36. The van der Waals surface area contributed by atoms with Crippen LogP contribution in [0.3, 0.4) is 0 Å². The first kappa shape index (κ1) is 9.58. The van der Waals surface area contributed by atoms with E-state index < -0.39 is 0 Å². The monoisotopic (exact) mass is 175 g/mol. The molecule has 13 heavy (non-hydrogen) atoms. The van der Waals surface area contributed by atoms with Gasteiger partial charge in [-0.1, -0.05) is 6.92 Å². The first-order valence-electron chi connectivity index (χ1n) is 4.25. The molecule has 1 rings (SSSR count). The Balaban J connectivity index is 2.60. The van der Waals surface area contributed by atoms with E-state index >= 15 is 0 Å². The molecule has 0 aromatic carbocycles. The molecule has 0 spiro atoms. The number of aromatic nitrogens is 1. The van der Waals surface area contributed by atoms with Crippen LogP contribution in [0, 0.1) is 0 Å². The Bertz CT molecular complexity index is 290. The van der Waals surface area contributed by atoms with E-state index in [0.717, 1.165) is 17.8 Å². The summed E-state index contributed by atoms with van der Waals surface area (Å²) in [7, 11) is 0. The minimum absolute atomic E-state index is 0.657. The van der Waals surface area contributed by atoms with Gasteiger partial charge in [-0.25, -0.2) is 4.99 Å². The zero-order valence-corrected chi connectivity index (χ0v) is 7.77. The van der Waals surface area contributed by atoms with Crippen molar-refractivity contribution < 1.29 is 0 Å². The molecule has 0 bridgehead atoms. The lowest BCUT2D eigenvalue weighted by atomic mass is 10.3. The van der Waals surface area contributed by atoms with E-state index in [9.17, 15) is 0 Å². The van der Waals surface area contributed by atoms with E-state index in [1.807, 2.05) is 19.1 Å². The molecule has 0 fully saturated rings. The molecule has 0 saturated heterocycles. The van der Waals surface area contributed by atoms with Crippen LogP contribution in [0.4, 0.5) is 0 Å². The molecule has 0 unspecified atom stereocenters. The summed E-state index contributed by atoms with van der Waals surface area (Å²) >= 11 is 0. The maximum Gasteiger partial charge on any atom is 0.122 e. The van der Waals surface area contributed by atoms with Crippen LogP contribution < -0.4 is 0 Å². The predicted octanol–water partition coefficient (Wildman–Crippen LogP) is 2.09. The fourth-order valence-electron chi connectivity index (χ4n) is 0.944. The van der Waals surface area contributed by atoms with Gasteiger partial charge >= 0.3 is 0 Å². The Hall–Kier alpha value is -1.51. The molecule has 0 aliphatic heterocycles. The molecule has 0 atom stereocenters. The third kappa shape index (κ3) is 3.15. The minimum atomic E-state index is 0.657. The first-order valence-corrected chi connectivity index (χ1v) is 4.25. The fourth-order valence-corrected chi connectivity index (χ4v) is 0.944. The van der Waals surface area contributed by atoms with E-state index in [4.69, 9.17) is 0 Å². The van der Waals surface area contributed by atoms with E-state index in [1.54, 1.807) is 12.4 Å². The maximum atomic E-state index is 4.29. The van der Waals surface area contributed by atoms with Crippen LogP contribution in [-0.2, 0) is 6.54 Å². The topological polar surface area (TPSA) is 37.6 Å². The lowest BCUT2D eigenvalue weighted by Gasteiger charge is -1.96. The Morgan fingerprint density at radius 3 is 2.69 bits per heavy atom. The molecule has 1 aromatic rings. The molecule has 0 aliphatic carbocycles. The van der Waals surface area contributed by atoms with Crippen LogP contribution in [0.15, 0.2) is 34.5 Å². The van der Waals surface area contributed by atoms with E-state index in [1.165, 1.54) is 0 Å². The minimum Gasteiger partial charge on any atom is -0.266 e.